The number of hydrogen-bond donors (Lipinski definition) is 1. The van der Waals surface area contributed by atoms with Crippen molar-refractivity contribution in [2.45, 2.75) is 32.6 Å². The van der Waals surface area contributed by atoms with E-state index in [-0.39, 0.29) is 30.5 Å². The molecule has 1 N–H and O–H groups in total. The second kappa shape index (κ2) is 10.7. The summed E-state index contributed by atoms with van der Waals surface area (Å²) in [5.74, 6) is -1.39. The summed E-state index contributed by atoms with van der Waals surface area (Å²) in [6.07, 6.45) is 1.82. The predicted molar refractivity (Wildman–Crippen MR) is 155 cm³/mol. The van der Waals surface area contributed by atoms with Crippen molar-refractivity contribution in [2.24, 2.45) is 0 Å². The van der Waals surface area contributed by atoms with Crippen LogP contribution >= 0.6 is 11.3 Å². The van der Waals surface area contributed by atoms with Crippen molar-refractivity contribution in [3.8, 4) is 0 Å². The molecule has 0 aliphatic carbocycles. The molecule has 0 spiro atoms. The van der Waals surface area contributed by atoms with Crippen LogP contribution < -0.4 is 4.90 Å². The number of hydrogen-bond acceptors (Lipinski definition) is 5. The monoisotopic (exact) mass is 559 g/mol. The third-order valence-corrected chi connectivity index (χ3v) is 7.97. The fourth-order valence-corrected chi connectivity index (χ4v) is 5.84. The number of nitrogens with one attached hydrogen (secondary N) is 1. The van der Waals surface area contributed by atoms with Crippen molar-refractivity contribution in [1.82, 2.24) is 9.88 Å². The third-order valence-electron chi connectivity index (χ3n) is 7.09. The van der Waals surface area contributed by atoms with Gasteiger partial charge in [-0.25, -0.2) is 9.18 Å². The van der Waals surface area contributed by atoms with Crippen molar-refractivity contribution >= 4 is 51.3 Å². The fourth-order valence-electron chi connectivity index (χ4n) is 5.14. The van der Waals surface area contributed by atoms with Crippen LogP contribution in [-0.2, 0) is 26.2 Å². The van der Waals surface area contributed by atoms with Gasteiger partial charge in [0, 0.05) is 52.2 Å². The number of benzene rings is 2. The Morgan fingerprint density at radius 3 is 2.55 bits per heavy atom. The molecule has 2 amide bonds. The number of halogens is 1. The van der Waals surface area contributed by atoms with E-state index >= 15 is 0 Å². The number of aromatic amines is 1. The molecule has 0 unspecified atom stereocenters. The van der Waals surface area contributed by atoms with Crippen molar-refractivity contribution in [3.05, 3.63) is 93.7 Å². The number of H-pyrrole nitrogens is 1. The lowest BCUT2D eigenvalue weighted by Gasteiger charge is -2.30. The highest BCUT2D eigenvalue weighted by atomic mass is 32.1. The first-order chi connectivity index (χ1) is 19.1. The maximum Gasteiger partial charge on any atom is 0.341 e. The normalized spacial score (nSPS) is 14.3. The topological polar surface area (TPSA) is 82.7 Å². The smallest absolute Gasteiger partial charge is 0.341 e. The van der Waals surface area contributed by atoms with Crippen LogP contribution in [0, 0.1) is 5.82 Å². The zero-order valence-electron chi connectivity index (χ0n) is 22.8. The van der Waals surface area contributed by atoms with E-state index in [0.29, 0.717) is 17.7 Å². The molecule has 9 heteroatoms. The number of thiophene rings is 1. The second-order valence-electron chi connectivity index (χ2n) is 10.4. The van der Waals surface area contributed by atoms with Crippen LogP contribution in [0.25, 0.3) is 16.5 Å². The Labute approximate surface area is 235 Å². The number of ether oxygens (including phenoxy) is 1. The lowest BCUT2D eigenvalue weighted by Crippen LogP contribution is -2.37. The van der Waals surface area contributed by atoms with E-state index in [1.807, 2.05) is 49.6 Å². The first-order valence-electron chi connectivity index (χ1n) is 13.0. The van der Waals surface area contributed by atoms with Gasteiger partial charge in [0.25, 0.3) is 5.91 Å². The Morgan fingerprint density at radius 2 is 1.88 bits per heavy atom. The van der Waals surface area contributed by atoms with Crippen molar-refractivity contribution in [3.63, 3.8) is 0 Å². The summed E-state index contributed by atoms with van der Waals surface area (Å²) in [6.45, 7) is 6.16. The largest absolute Gasteiger partial charge is 0.462 e. The Bertz CT molecular complexity index is 1620. The quantitative estimate of drug-likeness (QED) is 0.298. The van der Waals surface area contributed by atoms with Gasteiger partial charge in [-0.1, -0.05) is 19.9 Å². The molecule has 1 aliphatic heterocycles. The van der Waals surface area contributed by atoms with E-state index in [0.717, 1.165) is 27.0 Å². The van der Waals surface area contributed by atoms with E-state index in [1.165, 1.54) is 35.4 Å². The molecule has 0 bridgehead atoms. The minimum absolute atomic E-state index is 0.0362. The molecule has 0 fully saturated rings. The Kier molecular flexibility index (Phi) is 7.33. The van der Waals surface area contributed by atoms with Crippen LogP contribution in [0.3, 0.4) is 0 Å². The second-order valence-corrected chi connectivity index (χ2v) is 11.4. The molecule has 206 valence electrons. The van der Waals surface area contributed by atoms with E-state index in [1.54, 1.807) is 30.2 Å². The number of nitrogens with zero attached hydrogens (tertiary/aromatic N) is 2. The van der Waals surface area contributed by atoms with Gasteiger partial charge in [-0.2, -0.15) is 0 Å². The van der Waals surface area contributed by atoms with Crippen LogP contribution in [0.1, 0.15) is 47.3 Å². The summed E-state index contributed by atoms with van der Waals surface area (Å²) < 4.78 is 18.9. The van der Waals surface area contributed by atoms with Gasteiger partial charge in [0.2, 0.25) is 5.91 Å². The number of aromatic nitrogens is 1. The first kappa shape index (κ1) is 27.3. The summed E-state index contributed by atoms with van der Waals surface area (Å²) in [5.41, 5.74) is 2.84. The average molecular weight is 560 g/mol. The highest BCUT2D eigenvalue weighted by Crippen LogP contribution is 2.41. The van der Waals surface area contributed by atoms with Crippen LogP contribution in [0.5, 0.6) is 0 Å². The number of esters is 1. The minimum atomic E-state index is -0.619. The number of anilines is 1. The van der Waals surface area contributed by atoms with E-state index < -0.39 is 17.2 Å². The molecule has 0 atom stereocenters. The van der Waals surface area contributed by atoms with Crippen LogP contribution in [0.2, 0.25) is 0 Å². The molecule has 3 heterocycles. The number of amides is 2. The van der Waals surface area contributed by atoms with Gasteiger partial charge in [0.15, 0.2) is 0 Å². The average Bonchev–Trinajstić information content (AvgIpc) is 3.55. The highest BCUT2D eigenvalue weighted by Gasteiger charge is 2.37. The summed E-state index contributed by atoms with van der Waals surface area (Å²) in [6, 6.07) is 14.9. The molecule has 4 aromatic rings. The molecule has 5 rings (SSSR count). The SMILES string of the molecule is CCOC(=O)C1=CN(C(=O)c2ccc(F)cc2)CC(C)(C)c2c1[nH]c1ccc(N(C)C(=O)Cc3cccs3)cc21. The zero-order valence-corrected chi connectivity index (χ0v) is 23.6. The first-order valence-corrected chi connectivity index (χ1v) is 13.9. The number of carbonyl (C=O) groups is 3. The molecule has 0 saturated heterocycles. The van der Waals surface area contributed by atoms with E-state index in [4.69, 9.17) is 4.74 Å². The number of likely N-dealkylation sites (N-methyl/N-ethyl adjacent to an activating group) is 1. The molecule has 0 radical (unpaired) electrons. The molecule has 2 aromatic carbocycles. The predicted octanol–water partition coefficient (Wildman–Crippen LogP) is 5.91. The van der Waals surface area contributed by atoms with E-state index in [9.17, 15) is 18.8 Å². The third kappa shape index (κ3) is 5.16. The molecule has 7 nitrogen and oxygen atoms in total. The van der Waals surface area contributed by atoms with Crippen LogP contribution in [0.15, 0.2) is 66.2 Å². The lowest BCUT2D eigenvalue weighted by molar-refractivity contribution is -0.136. The Morgan fingerprint density at radius 1 is 1.12 bits per heavy atom. The maximum atomic E-state index is 13.5. The summed E-state index contributed by atoms with van der Waals surface area (Å²) in [7, 11) is 1.75. The Balaban J connectivity index is 1.59. The molecule has 1 aliphatic rings. The number of carbonyl (C=O) groups excluding carboxylic acids is 3. The molecular weight excluding hydrogens is 529 g/mol. The fraction of sp³-hybridized carbons (Fsp3) is 0.258. The highest BCUT2D eigenvalue weighted by molar-refractivity contribution is 7.10. The summed E-state index contributed by atoms with van der Waals surface area (Å²) in [4.78, 5) is 47.3. The van der Waals surface area contributed by atoms with Gasteiger partial charge in [0.05, 0.1) is 24.3 Å². The number of rotatable bonds is 6. The van der Waals surface area contributed by atoms with Crippen molar-refractivity contribution in [2.75, 3.05) is 25.1 Å². The lowest BCUT2D eigenvalue weighted by atomic mass is 9.81. The standard InChI is InChI=1S/C31H30FN3O4S/c1-5-39-30(38)24-17-35(29(37)19-8-10-20(32)11-9-19)18-31(2,3)27-23-15-21(12-13-25(23)33-28(24)27)34(4)26(36)16-22-7-6-14-40-22/h6-15,17,33H,5,16,18H2,1-4H3. The molecule has 40 heavy (non-hydrogen) atoms. The van der Waals surface area contributed by atoms with Crippen molar-refractivity contribution < 1.29 is 23.5 Å². The van der Waals surface area contributed by atoms with Gasteiger partial charge in [-0.05, 0) is 66.4 Å². The summed E-state index contributed by atoms with van der Waals surface area (Å²) in [5, 5.41) is 2.80. The molecule has 2 aromatic heterocycles. The van der Waals surface area contributed by atoms with Crippen LogP contribution in [-0.4, -0.2) is 47.9 Å². The van der Waals surface area contributed by atoms with Gasteiger partial charge in [-0.15, -0.1) is 11.3 Å². The van der Waals surface area contributed by atoms with E-state index in [2.05, 4.69) is 4.98 Å². The van der Waals surface area contributed by atoms with Crippen molar-refractivity contribution in [1.29, 1.82) is 0 Å². The van der Waals surface area contributed by atoms with Gasteiger partial charge in [-0.3, -0.25) is 9.59 Å². The minimum Gasteiger partial charge on any atom is -0.462 e. The maximum absolute atomic E-state index is 13.5. The molecular formula is C31H30FN3O4S. The van der Waals surface area contributed by atoms with Crippen LogP contribution in [0.4, 0.5) is 10.1 Å². The Hall–Kier alpha value is -4.24. The van der Waals surface area contributed by atoms with Gasteiger partial charge < -0.3 is 19.5 Å². The zero-order chi connectivity index (χ0) is 28.6. The summed E-state index contributed by atoms with van der Waals surface area (Å²) >= 11 is 1.54. The van der Waals surface area contributed by atoms with Gasteiger partial charge in [0.1, 0.15) is 5.82 Å². The number of fused-ring (bicyclic) bond motifs is 3. The molecule has 0 saturated carbocycles. The van der Waals surface area contributed by atoms with Gasteiger partial charge >= 0.3 is 5.97 Å².